The first-order valence-electron chi connectivity index (χ1n) is 7.68. The zero-order valence-electron chi connectivity index (χ0n) is 13.2. The highest BCUT2D eigenvalue weighted by molar-refractivity contribution is 5.83. The molecule has 0 aromatic carbocycles. The molecule has 1 aliphatic heterocycles. The zero-order chi connectivity index (χ0) is 14.8. The fourth-order valence-corrected chi connectivity index (χ4v) is 2.85. The summed E-state index contributed by atoms with van der Waals surface area (Å²) in [5, 5.41) is 3.38. The van der Waals surface area contributed by atoms with Crippen molar-refractivity contribution in [3.8, 4) is 0 Å². The molecule has 1 rings (SSSR count). The van der Waals surface area contributed by atoms with Gasteiger partial charge >= 0.3 is 0 Å². The Morgan fingerprint density at radius 2 is 2.00 bits per heavy atom. The number of nitrogens with one attached hydrogen (secondary N) is 1. The van der Waals surface area contributed by atoms with Crippen LogP contribution >= 0.6 is 0 Å². The van der Waals surface area contributed by atoms with E-state index in [1.807, 2.05) is 4.90 Å². The molecule has 5 heteroatoms. The predicted octanol–water partition coefficient (Wildman–Crippen LogP) is 1.28. The lowest BCUT2D eigenvalue weighted by atomic mass is 9.77. The molecular weight excluding hydrogens is 256 g/mol. The van der Waals surface area contributed by atoms with Gasteiger partial charge in [0, 0.05) is 40.5 Å². The Hall–Kier alpha value is -0.650. The zero-order valence-corrected chi connectivity index (χ0v) is 13.2. The van der Waals surface area contributed by atoms with Crippen LogP contribution in [0.1, 0.15) is 32.6 Å². The number of hydrogen-bond acceptors (Lipinski definition) is 4. The van der Waals surface area contributed by atoms with Crippen LogP contribution < -0.4 is 5.32 Å². The van der Waals surface area contributed by atoms with E-state index in [0.29, 0.717) is 19.8 Å². The monoisotopic (exact) mass is 286 g/mol. The lowest BCUT2D eigenvalue weighted by Gasteiger charge is -2.39. The van der Waals surface area contributed by atoms with Gasteiger partial charge in [0.15, 0.2) is 0 Å². The molecule has 1 aliphatic rings. The number of rotatable bonds is 9. The third kappa shape index (κ3) is 4.72. The van der Waals surface area contributed by atoms with Gasteiger partial charge in [0.1, 0.15) is 0 Å². The normalized spacial score (nSPS) is 22.8. The van der Waals surface area contributed by atoms with Crippen LogP contribution in [0.2, 0.25) is 0 Å². The molecule has 0 bridgehead atoms. The number of hydrogen-bond donors (Lipinski definition) is 1. The minimum absolute atomic E-state index is 0.223. The van der Waals surface area contributed by atoms with Gasteiger partial charge in [0.25, 0.3) is 0 Å². The Morgan fingerprint density at radius 1 is 1.25 bits per heavy atom. The molecule has 1 heterocycles. The van der Waals surface area contributed by atoms with E-state index in [-0.39, 0.29) is 11.3 Å². The van der Waals surface area contributed by atoms with E-state index in [4.69, 9.17) is 9.47 Å². The Balaban J connectivity index is 2.67. The topological polar surface area (TPSA) is 50.8 Å². The van der Waals surface area contributed by atoms with E-state index in [9.17, 15) is 4.79 Å². The number of methoxy groups -OCH3 is 2. The molecule has 0 spiro atoms. The quantitative estimate of drug-likeness (QED) is 0.649. The second-order valence-corrected chi connectivity index (χ2v) is 5.55. The molecule has 20 heavy (non-hydrogen) atoms. The molecule has 118 valence electrons. The maximum absolute atomic E-state index is 12.9. The smallest absolute Gasteiger partial charge is 0.230 e. The summed E-state index contributed by atoms with van der Waals surface area (Å²) in [5.74, 6) is 0.278. The van der Waals surface area contributed by atoms with Crippen LogP contribution in [-0.2, 0) is 14.3 Å². The summed E-state index contributed by atoms with van der Waals surface area (Å²) in [6.07, 6.45) is 3.84. The molecule has 0 radical (unpaired) electrons. The highest BCUT2D eigenvalue weighted by atomic mass is 16.5. The molecule has 1 atom stereocenters. The molecule has 0 aromatic rings. The molecule has 0 aliphatic carbocycles. The van der Waals surface area contributed by atoms with Crippen LogP contribution in [0.15, 0.2) is 0 Å². The second-order valence-electron chi connectivity index (χ2n) is 5.55. The number of amides is 1. The van der Waals surface area contributed by atoms with Gasteiger partial charge in [-0.05, 0) is 32.2 Å². The summed E-state index contributed by atoms with van der Waals surface area (Å²) < 4.78 is 10.2. The average molecular weight is 286 g/mol. The van der Waals surface area contributed by atoms with Crippen molar-refractivity contribution >= 4 is 5.91 Å². The molecular formula is C15H30N2O3. The summed E-state index contributed by atoms with van der Waals surface area (Å²) >= 11 is 0. The summed E-state index contributed by atoms with van der Waals surface area (Å²) in [5.41, 5.74) is -0.223. The molecule has 1 amide bonds. The van der Waals surface area contributed by atoms with Crippen molar-refractivity contribution < 1.29 is 14.3 Å². The van der Waals surface area contributed by atoms with E-state index in [1.54, 1.807) is 14.2 Å². The maximum Gasteiger partial charge on any atom is 0.230 e. The molecule has 1 fully saturated rings. The Morgan fingerprint density at radius 3 is 2.55 bits per heavy atom. The van der Waals surface area contributed by atoms with Gasteiger partial charge in [-0.1, -0.05) is 6.92 Å². The van der Waals surface area contributed by atoms with Crippen LogP contribution in [-0.4, -0.2) is 64.4 Å². The largest absolute Gasteiger partial charge is 0.385 e. The van der Waals surface area contributed by atoms with Crippen molar-refractivity contribution in [3.63, 3.8) is 0 Å². The number of piperidine rings is 1. The predicted molar refractivity (Wildman–Crippen MR) is 79.8 cm³/mol. The van der Waals surface area contributed by atoms with E-state index in [1.165, 1.54) is 0 Å². The molecule has 1 saturated heterocycles. The minimum atomic E-state index is -0.223. The van der Waals surface area contributed by atoms with Crippen LogP contribution in [0, 0.1) is 5.41 Å². The number of ether oxygens (including phenoxy) is 2. The Kier molecular flexibility index (Phi) is 8.11. The van der Waals surface area contributed by atoms with Gasteiger partial charge in [0.2, 0.25) is 5.91 Å². The van der Waals surface area contributed by atoms with Gasteiger partial charge in [-0.3, -0.25) is 4.79 Å². The molecule has 5 nitrogen and oxygen atoms in total. The SMILES string of the molecule is CCC1(C(=O)N(CCCOC)CCOC)CCCNC1. The Bertz CT molecular complexity index is 278. The second kappa shape index (κ2) is 9.32. The van der Waals surface area contributed by atoms with Crippen molar-refractivity contribution in [1.29, 1.82) is 0 Å². The van der Waals surface area contributed by atoms with Crippen LogP contribution in [0.5, 0.6) is 0 Å². The van der Waals surface area contributed by atoms with E-state index in [0.717, 1.165) is 45.3 Å². The van der Waals surface area contributed by atoms with Crippen molar-refractivity contribution in [2.45, 2.75) is 32.6 Å². The van der Waals surface area contributed by atoms with Gasteiger partial charge in [-0.25, -0.2) is 0 Å². The molecule has 0 aromatic heterocycles. The first-order chi connectivity index (χ1) is 9.70. The third-order valence-corrected chi connectivity index (χ3v) is 4.23. The lowest BCUT2D eigenvalue weighted by Crippen LogP contribution is -2.52. The summed E-state index contributed by atoms with van der Waals surface area (Å²) in [6.45, 7) is 6.64. The number of carbonyl (C=O) groups excluding carboxylic acids is 1. The van der Waals surface area contributed by atoms with Gasteiger partial charge in [-0.15, -0.1) is 0 Å². The lowest BCUT2D eigenvalue weighted by molar-refractivity contribution is -0.144. The third-order valence-electron chi connectivity index (χ3n) is 4.23. The average Bonchev–Trinajstić information content (AvgIpc) is 2.50. The Labute approximate surface area is 123 Å². The molecule has 1 unspecified atom stereocenters. The number of nitrogens with zero attached hydrogens (tertiary/aromatic N) is 1. The fourth-order valence-electron chi connectivity index (χ4n) is 2.85. The standard InChI is InChI=1S/C15H30N2O3/c1-4-15(7-5-8-16-13-15)14(18)17(10-12-20-3)9-6-11-19-2/h16H,4-13H2,1-3H3. The van der Waals surface area contributed by atoms with E-state index < -0.39 is 0 Å². The fraction of sp³-hybridized carbons (Fsp3) is 0.933. The van der Waals surface area contributed by atoms with Crippen molar-refractivity contribution in [1.82, 2.24) is 10.2 Å². The van der Waals surface area contributed by atoms with Crippen molar-refractivity contribution in [2.75, 3.05) is 53.6 Å². The van der Waals surface area contributed by atoms with Crippen LogP contribution in [0.3, 0.4) is 0 Å². The van der Waals surface area contributed by atoms with Gasteiger partial charge < -0.3 is 19.7 Å². The minimum Gasteiger partial charge on any atom is -0.385 e. The first kappa shape index (κ1) is 17.4. The summed E-state index contributed by atoms with van der Waals surface area (Å²) in [7, 11) is 3.37. The maximum atomic E-state index is 12.9. The highest BCUT2D eigenvalue weighted by Crippen LogP contribution is 2.32. The van der Waals surface area contributed by atoms with Crippen LogP contribution in [0.25, 0.3) is 0 Å². The van der Waals surface area contributed by atoms with Crippen molar-refractivity contribution in [2.24, 2.45) is 5.41 Å². The molecule has 0 saturated carbocycles. The van der Waals surface area contributed by atoms with Crippen LogP contribution in [0.4, 0.5) is 0 Å². The summed E-state index contributed by atoms with van der Waals surface area (Å²) in [6, 6.07) is 0. The molecule has 1 N–H and O–H groups in total. The van der Waals surface area contributed by atoms with Gasteiger partial charge in [0.05, 0.1) is 12.0 Å². The highest BCUT2D eigenvalue weighted by Gasteiger charge is 2.40. The van der Waals surface area contributed by atoms with E-state index >= 15 is 0 Å². The number of carbonyl (C=O) groups is 1. The summed E-state index contributed by atoms with van der Waals surface area (Å²) in [4.78, 5) is 14.9. The van der Waals surface area contributed by atoms with Crippen molar-refractivity contribution in [3.05, 3.63) is 0 Å². The van der Waals surface area contributed by atoms with E-state index in [2.05, 4.69) is 12.2 Å². The van der Waals surface area contributed by atoms with Gasteiger partial charge in [-0.2, -0.15) is 0 Å². The first-order valence-corrected chi connectivity index (χ1v) is 7.68.